The largest absolute Gasteiger partial charge is 0.467 e. The summed E-state index contributed by atoms with van der Waals surface area (Å²) in [6.45, 7) is 1.54. The van der Waals surface area contributed by atoms with Crippen LogP contribution < -0.4 is 11.1 Å². The number of nitro groups is 1. The van der Waals surface area contributed by atoms with Gasteiger partial charge in [0.15, 0.2) is 6.10 Å². The van der Waals surface area contributed by atoms with Gasteiger partial charge < -0.3 is 20.2 Å². The lowest BCUT2D eigenvalue weighted by Gasteiger charge is -2.13. The molecule has 0 fully saturated rings. The van der Waals surface area contributed by atoms with Crippen LogP contribution in [0, 0.1) is 10.1 Å². The normalized spacial score (nSPS) is 11.5. The summed E-state index contributed by atoms with van der Waals surface area (Å²) in [5.74, 6) is -0.834. The highest BCUT2D eigenvalue weighted by atomic mass is 16.6. The quantitative estimate of drug-likeness (QED) is 0.354. The van der Waals surface area contributed by atoms with Gasteiger partial charge in [0.1, 0.15) is 11.4 Å². The summed E-state index contributed by atoms with van der Waals surface area (Å²) in [7, 11) is 0. The summed E-state index contributed by atoms with van der Waals surface area (Å²) >= 11 is 0. The van der Waals surface area contributed by atoms with Crippen LogP contribution in [-0.4, -0.2) is 22.9 Å². The van der Waals surface area contributed by atoms with Gasteiger partial charge in [0, 0.05) is 6.07 Å². The van der Waals surface area contributed by atoms with E-state index in [2.05, 4.69) is 5.32 Å². The molecule has 0 saturated carbocycles. The van der Waals surface area contributed by atoms with Crippen molar-refractivity contribution in [3.05, 3.63) is 58.0 Å². The molecule has 1 atom stereocenters. The molecule has 1 heterocycles. The van der Waals surface area contributed by atoms with E-state index in [-0.39, 0.29) is 17.8 Å². The van der Waals surface area contributed by atoms with Crippen LogP contribution in [0.2, 0.25) is 0 Å². The van der Waals surface area contributed by atoms with Crippen molar-refractivity contribution in [1.29, 1.82) is 0 Å². The molecule has 1 aromatic carbocycles. The summed E-state index contributed by atoms with van der Waals surface area (Å²) in [4.78, 5) is 34.0. The molecular formula is C15H15N3O6. The predicted octanol–water partition coefficient (Wildman–Crippen LogP) is 1.63. The fourth-order valence-electron chi connectivity index (χ4n) is 1.84. The lowest BCUT2D eigenvalue weighted by atomic mass is 10.2. The second kappa shape index (κ2) is 7.27. The van der Waals surface area contributed by atoms with Crippen molar-refractivity contribution < 1.29 is 23.7 Å². The fourth-order valence-corrected chi connectivity index (χ4v) is 1.84. The zero-order chi connectivity index (χ0) is 17.7. The number of hydrogen-bond acceptors (Lipinski definition) is 7. The van der Waals surface area contributed by atoms with Crippen LogP contribution in [-0.2, 0) is 16.1 Å². The molecule has 3 N–H and O–H groups in total. The minimum absolute atomic E-state index is 0.0680. The van der Waals surface area contributed by atoms with Crippen molar-refractivity contribution in [3.63, 3.8) is 0 Å². The molecule has 1 amide bonds. The van der Waals surface area contributed by atoms with Crippen LogP contribution in [0.1, 0.15) is 23.0 Å². The third kappa shape index (κ3) is 4.09. The van der Waals surface area contributed by atoms with Crippen LogP contribution in [0.3, 0.4) is 0 Å². The molecule has 126 valence electrons. The standard InChI is InChI=1S/C15H15N3O6/c1-9(14(19)17-8-11-3-2-6-23-11)24-15(20)10-4-5-12(16)13(7-10)18(21)22/h2-7,9H,8,16H2,1H3,(H,17,19)/t9-/m1/s1. The van der Waals surface area contributed by atoms with E-state index in [0.717, 1.165) is 6.07 Å². The summed E-state index contributed by atoms with van der Waals surface area (Å²) in [5, 5.41) is 13.4. The number of benzene rings is 1. The number of nitrogens with two attached hydrogens (primary N) is 1. The lowest BCUT2D eigenvalue weighted by molar-refractivity contribution is -0.383. The Kier molecular flexibility index (Phi) is 5.15. The molecule has 9 nitrogen and oxygen atoms in total. The van der Waals surface area contributed by atoms with E-state index in [0.29, 0.717) is 5.76 Å². The number of hydrogen-bond donors (Lipinski definition) is 2. The molecule has 1 aromatic heterocycles. The Bertz CT molecular complexity index is 757. The highest BCUT2D eigenvalue weighted by molar-refractivity contribution is 5.93. The van der Waals surface area contributed by atoms with Crippen LogP contribution in [0.4, 0.5) is 11.4 Å². The minimum atomic E-state index is -1.08. The van der Waals surface area contributed by atoms with Gasteiger partial charge in [-0.2, -0.15) is 0 Å². The van der Waals surface area contributed by atoms with Gasteiger partial charge in [-0.05, 0) is 31.2 Å². The number of nitrogens with zero attached hydrogens (tertiary/aromatic N) is 1. The number of nitrogen functional groups attached to an aromatic ring is 1. The van der Waals surface area contributed by atoms with Crippen LogP contribution in [0.5, 0.6) is 0 Å². The van der Waals surface area contributed by atoms with Gasteiger partial charge >= 0.3 is 5.97 Å². The lowest BCUT2D eigenvalue weighted by Crippen LogP contribution is -2.35. The SMILES string of the molecule is C[C@@H](OC(=O)c1ccc(N)c([N+](=O)[O-])c1)C(=O)NCc1ccco1. The van der Waals surface area contributed by atoms with Crippen molar-refractivity contribution in [2.75, 3.05) is 5.73 Å². The Hall–Kier alpha value is -3.36. The van der Waals surface area contributed by atoms with Gasteiger partial charge in [-0.15, -0.1) is 0 Å². The molecule has 0 radical (unpaired) electrons. The number of nitro benzene ring substituents is 1. The minimum Gasteiger partial charge on any atom is -0.467 e. The van der Waals surface area contributed by atoms with Crippen LogP contribution in [0.25, 0.3) is 0 Å². The molecule has 0 bridgehead atoms. The van der Waals surface area contributed by atoms with E-state index < -0.39 is 28.6 Å². The Labute approximate surface area is 136 Å². The maximum absolute atomic E-state index is 12.0. The maximum atomic E-state index is 12.0. The molecular weight excluding hydrogens is 318 g/mol. The number of nitrogens with one attached hydrogen (secondary N) is 1. The maximum Gasteiger partial charge on any atom is 0.339 e. The first-order chi connectivity index (χ1) is 11.4. The first kappa shape index (κ1) is 17.0. The van der Waals surface area contributed by atoms with Crippen LogP contribution >= 0.6 is 0 Å². The number of rotatable bonds is 6. The second-order valence-electron chi connectivity index (χ2n) is 4.88. The van der Waals surface area contributed by atoms with Gasteiger partial charge in [-0.25, -0.2) is 4.79 Å². The van der Waals surface area contributed by atoms with Gasteiger partial charge in [0.25, 0.3) is 11.6 Å². The van der Waals surface area contributed by atoms with Gasteiger partial charge in [-0.1, -0.05) is 0 Å². The van der Waals surface area contributed by atoms with Crippen molar-refractivity contribution in [3.8, 4) is 0 Å². The molecule has 0 spiro atoms. The van der Waals surface area contributed by atoms with Crippen molar-refractivity contribution in [2.45, 2.75) is 19.6 Å². The average Bonchev–Trinajstić information content (AvgIpc) is 3.05. The number of esters is 1. The monoisotopic (exact) mass is 333 g/mol. The summed E-state index contributed by atoms with van der Waals surface area (Å²) in [6, 6.07) is 6.89. The Morgan fingerprint density at radius 2 is 2.17 bits per heavy atom. The zero-order valence-electron chi connectivity index (χ0n) is 12.7. The molecule has 0 aliphatic rings. The van der Waals surface area contributed by atoms with E-state index in [1.807, 2.05) is 0 Å². The highest BCUT2D eigenvalue weighted by Crippen LogP contribution is 2.22. The molecule has 0 saturated heterocycles. The number of amides is 1. The number of carbonyl (C=O) groups excluding carboxylic acids is 2. The Balaban J connectivity index is 1.96. The molecule has 2 aromatic rings. The first-order valence-electron chi connectivity index (χ1n) is 6.93. The fraction of sp³-hybridized carbons (Fsp3) is 0.200. The molecule has 24 heavy (non-hydrogen) atoms. The molecule has 0 aliphatic heterocycles. The first-order valence-corrected chi connectivity index (χ1v) is 6.93. The molecule has 9 heteroatoms. The van der Waals surface area contributed by atoms with Crippen molar-refractivity contribution >= 4 is 23.3 Å². The highest BCUT2D eigenvalue weighted by Gasteiger charge is 2.21. The van der Waals surface area contributed by atoms with Gasteiger partial charge in [0.05, 0.1) is 23.3 Å². The molecule has 0 aliphatic carbocycles. The average molecular weight is 333 g/mol. The molecule has 0 unspecified atom stereocenters. The Morgan fingerprint density at radius 3 is 2.79 bits per heavy atom. The number of ether oxygens (including phenoxy) is 1. The molecule has 2 rings (SSSR count). The van der Waals surface area contributed by atoms with Gasteiger partial charge in [-0.3, -0.25) is 14.9 Å². The van der Waals surface area contributed by atoms with E-state index in [1.165, 1.54) is 25.3 Å². The topological polar surface area (TPSA) is 138 Å². The number of furan rings is 1. The third-order valence-electron chi connectivity index (χ3n) is 3.13. The summed E-state index contributed by atoms with van der Waals surface area (Å²) in [5.41, 5.74) is 4.92. The second-order valence-corrected chi connectivity index (χ2v) is 4.88. The third-order valence-corrected chi connectivity index (χ3v) is 3.13. The predicted molar refractivity (Wildman–Crippen MR) is 82.9 cm³/mol. The van der Waals surface area contributed by atoms with Crippen LogP contribution in [0.15, 0.2) is 41.0 Å². The van der Waals surface area contributed by atoms with E-state index in [9.17, 15) is 19.7 Å². The van der Waals surface area contributed by atoms with E-state index >= 15 is 0 Å². The van der Waals surface area contributed by atoms with E-state index in [4.69, 9.17) is 14.9 Å². The number of carbonyl (C=O) groups is 2. The zero-order valence-corrected chi connectivity index (χ0v) is 12.7. The van der Waals surface area contributed by atoms with E-state index in [1.54, 1.807) is 12.1 Å². The van der Waals surface area contributed by atoms with Crippen molar-refractivity contribution in [1.82, 2.24) is 5.32 Å². The number of anilines is 1. The summed E-state index contributed by atoms with van der Waals surface area (Å²) < 4.78 is 10.1. The Morgan fingerprint density at radius 1 is 1.42 bits per heavy atom. The van der Waals surface area contributed by atoms with Crippen molar-refractivity contribution in [2.24, 2.45) is 0 Å². The summed E-state index contributed by atoms with van der Waals surface area (Å²) in [6.07, 6.45) is 0.392. The van der Waals surface area contributed by atoms with Gasteiger partial charge in [0.2, 0.25) is 0 Å². The smallest absolute Gasteiger partial charge is 0.339 e.